The van der Waals surface area contributed by atoms with E-state index in [9.17, 15) is 14.7 Å². The van der Waals surface area contributed by atoms with Crippen LogP contribution in [-0.2, 0) is 4.79 Å². The molecule has 2 aliphatic carbocycles. The number of nitrogens with one attached hydrogen (secondary N) is 2. The van der Waals surface area contributed by atoms with Crippen LogP contribution in [0.2, 0.25) is 0 Å². The van der Waals surface area contributed by atoms with Crippen LogP contribution in [0, 0.1) is 11.3 Å². The summed E-state index contributed by atoms with van der Waals surface area (Å²) in [6.07, 6.45) is 4.79. The van der Waals surface area contributed by atoms with Crippen LogP contribution in [0.25, 0.3) is 0 Å². The van der Waals surface area contributed by atoms with Gasteiger partial charge in [-0.2, -0.15) is 0 Å². The van der Waals surface area contributed by atoms with Crippen LogP contribution in [0.3, 0.4) is 0 Å². The Morgan fingerprint density at radius 3 is 2.52 bits per heavy atom. The van der Waals surface area contributed by atoms with E-state index in [1.807, 2.05) is 6.92 Å². The van der Waals surface area contributed by atoms with Gasteiger partial charge in [-0.3, -0.25) is 9.59 Å². The number of hydrogen-bond acceptors (Lipinski definition) is 3. The quantitative estimate of drug-likeness (QED) is 0.780. The Kier molecular flexibility index (Phi) is 4.39. The molecule has 5 heteroatoms. The highest BCUT2D eigenvalue weighted by molar-refractivity contribution is 5.96. The van der Waals surface area contributed by atoms with Crippen LogP contribution >= 0.6 is 0 Å². The fourth-order valence-electron chi connectivity index (χ4n) is 3.20. The molecule has 124 valence electrons. The van der Waals surface area contributed by atoms with Crippen LogP contribution in [-0.4, -0.2) is 29.6 Å². The zero-order valence-electron chi connectivity index (χ0n) is 13.5. The van der Waals surface area contributed by atoms with Crippen LogP contribution in [0.15, 0.2) is 24.3 Å². The third-order valence-electron chi connectivity index (χ3n) is 5.11. The van der Waals surface area contributed by atoms with Gasteiger partial charge in [-0.25, -0.2) is 0 Å². The van der Waals surface area contributed by atoms with Crippen molar-refractivity contribution in [3.63, 3.8) is 0 Å². The fraction of sp³-hybridized carbons (Fsp3) is 0.556. The largest absolute Gasteiger partial charge is 0.396 e. The highest BCUT2D eigenvalue weighted by Gasteiger charge is 2.39. The van der Waals surface area contributed by atoms with Crippen molar-refractivity contribution in [3.8, 4) is 0 Å². The van der Waals surface area contributed by atoms with Crippen molar-refractivity contribution in [1.82, 2.24) is 5.32 Å². The molecule has 0 aliphatic heterocycles. The molecule has 3 rings (SSSR count). The van der Waals surface area contributed by atoms with E-state index in [1.165, 1.54) is 0 Å². The Bertz CT molecular complexity index is 595. The van der Waals surface area contributed by atoms with Crippen molar-refractivity contribution < 1.29 is 14.7 Å². The van der Waals surface area contributed by atoms with Crippen molar-refractivity contribution in [2.75, 3.05) is 11.9 Å². The van der Waals surface area contributed by atoms with Gasteiger partial charge in [0.05, 0.1) is 6.61 Å². The highest BCUT2D eigenvalue weighted by atomic mass is 16.3. The van der Waals surface area contributed by atoms with E-state index < -0.39 is 0 Å². The van der Waals surface area contributed by atoms with Crippen molar-refractivity contribution in [1.29, 1.82) is 0 Å². The molecule has 2 fully saturated rings. The highest BCUT2D eigenvalue weighted by Crippen LogP contribution is 2.37. The first-order chi connectivity index (χ1) is 11.0. The summed E-state index contributed by atoms with van der Waals surface area (Å²) in [5.74, 6) is 0.0972. The van der Waals surface area contributed by atoms with Crippen molar-refractivity contribution in [2.45, 2.75) is 45.1 Å². The Balaban J connectivity index is 1.60. The minimum Gasteiger partial charge on any atom is -0.396 e. The lowest BCUT2D eigenvalue weighted by atomic mass is 9.85. The van der Waals surface area contributed by atoms with Gasteiger partial charge in [0.25, 0.3) is 5.91 Å². The van der Waals surface area contributed by atoms with E-state index in [-0.39, 0.29) is 35.8 Å². The number of amides is 2. The predicted molar refractivity (Wildman–Crippen MR) is 88.1 cm³/mol. The average Bonchev–Trinajstić information content (AvgIpc) is 3.34. The molecule has 0 heterocycles. The topological polar surface area (TPSA) is 78.4 Å². The molecule has 0 bridgehead atoms. The van der Waals surface area contributed by atoms with E-state index in [1.54, 1.807) is 24.3 Å². The minimum absolute atomic E-state index is 0.00856. The van der Waals surface area contributed by atoms with Gasteiger partial charge in [0.2, 0.25) is 5.91 Å². The van der Waals surface area contributed by atoms with E-state index in [4.69, 9.17) is 0 Å². The Labute approximate surface area is 136 Å². The van der Waals surface area contributed by atoms with Crippen LogP contribution in [0.5, 0.6) is 0 Å². The molecule has 0 aromatic heterocycles. The summed E-state index contributed by atoms with van der Waals surface area (Å²) < 4.78 is 0. The number of benzene rings is 1. The number of anilines is 1. The van der Waals surface area contributed by atoms with Gasteiger partial charge in [0, 0.05) is 28.6 Å². The van der Waals surface area contributed by atoms with Crippen LogP contribution < -0.4 is 10.6 Å². The van der Waals surface area contributed by atoms with Crippen LogP contribution in [0.1, 0.15) is 49.4 Å². The first-order valence-corrected chi connectivity index (χ1v) is 8.34. The number of aliphatic hydroxyl groups is 1. The van der Waals surface area contributed by atoms with Crippen molar-refractivity contribution >= 4 is 17.5 Å². The second-order valence-corrected chi connectivity index (χ2v) is 7.07. The maximum Gasteiger partial charge on any atom is 0.251 e. The SMILES string of the molecule is CC1(CO)CCCC1NC(=O)c1ccc(NC(=O)C2CC2)cc1. The molecule has 2 aliphatic rings. The molecule has 0 saturated heterocycles. The molecule has 23 heavy (non-hydrogen) atoms. The third-order valence-corrected chi connectivity index (χ3v) is 5.11. The molecular formula is C18H24N2O3. The maximum atomic E-state index is 12.4. The van der Waals surface area contributed by atoms with Gasteiger partial charge in [0.15, 0.2) is 0 Å². The molecule has 0 radical (unpaired) electrons. The van der Waals surface area contributed by atoms with Crippen molar-refractivity contribution in [2.24, 2.45) is 11.3 Å². The van der Waals surface area contributed by atoms with Gasteiger partial charge >= 0.3 is 0 Å². The molecule has 3 N–H and O–H groups in total. The number of hydrogen-bond donors (Lipinski definition) is 3. The molecule has 2 unspecified atom stereocenters. The summed E-state index contributed by atoms with van der Waals surface area (Å²) in [5.41, 5.74) is 1.06. The minimum atomic E-state index is -0.228. The lowest BCUT2D eigenvalue weighted by Crippen LogP contribution is -2.44. The molecule has 5 nitrogen and oxygen atoms in total. The second-order valence-electron chi connectivity index (χ2n) is 7.07. The normalized spacial score (nSPS) is 26.8. The van der Waals surface area contributed by atoms with E-state index in [2.05, 4.69) is 10.6 Å². The molecule has 2 amide bonds. The zero-order valence-corrected chi connectivity index (χ0v) is 13.5. The second kappa shape index (κ2) is 6.32. The Morgan fingerprint density at radius 1 is 1.22 bits per heavy atom. The summed E-state index contributed by atoms with van der Waals surface area (Å²) >= 11 is 0. The lowest BCUT2D eigenvalue weighted by Gasteiger charge is -2.30. The maximum absolute atomic E-state index is 12.4. The van der Waals surface area contributed by atoms with E-state index in [0.717, 1.165) is 37.8 Å². The molecule has 1 aromatic rings. The molecular weight excluding hydrogens is 292 g/mol. The third kappa shape index (κ3) is 3.55. The molecule has 2 atom stereocenters. The van der Waals surface area contributed by atoms with Crippen LogP contribution in [0.4, 0.5) is 5.69 Å². The van der Waals surface area contributed by atoms with E-state index >= 15 is 0 Å². The van der Waals surface area contributed by atoms with Crippen molar-refractivity contribution in [3.05, 3.63) is 29.8 Å². The number of carbonyl (C=O) groups is 2. The van der Waals surface area contributed by atoms with Gasteiger partial charge in [-0.15, -0.1) is 0 Å². The molecule has 1 aromatic carbocycles. The standard InChI is InChI=1S/C18H24N2O3/c1-18(11-21)10-2-3-15(18)20-17(23)13-6-8-14(9-7-13)19-16(22)12-4-5-12/h6-9,12,15,21H,2-5,10-11H2,1H3,(H,19,22)(H,20,23). The van der Waals surface area contributed by atoms with Gasteiger partial charge < -0.3 is 15.7 Å². The number of aliphatic hydroxyl groups excluding tert-OH is 1. The predicted octanol–water partition coefficient (Wildman–Crippen LogP) is 2.32. The van der Waals surface area contributed by atoms with Gasteiger partial charge in [-0.1, -0.05) is 13.3 Å². The first kappa shape index (κ1) is 16.0. The average molecular weight is 316 g/mol. The van der Waals surface area contributed by atoms with Gasteiger partial charge in [0.1, 0.15) is 0 Å². The number of rotatable bonds is 5. The summed E-state index contributed by atoms with van der Waals surface area (Å²) in [5, 5.41) is 15.5. The zero-order chi connectivity index (χ0) is 16.4. The molecule has 2 saturated carbocycles. The summed E-state index contributed by atoms with van der Waals surface area (Å²) in [4.78, 5) is 24.1. The Hall–Kier alpha value is -1.88. The Morgan fingerprint density at radius 2 is 1.91 bits per heavy atom. The molecule has 0 spiro atoms. The number of carbonyl (C=O) groups excluding carboxylic acids is 2. The summed E-state index contributed by atoms with van der Waals surface area (Å²) in [6.45, 7) is 2.10. The van der Waals surface area contributed by atoms with E-state index in [0.29, 0.717) is 5.56 Å². The van der Waals surface area contributed by atoms with Gasteiger partial charge in [-0.05, 0) is 49.9 Å². The lowest BCUT2D eigenvalue weighted by molar-refractivity contribution is -0.117. The monoisotopic (exact) mass is 316 g/mol. The smallest absolute Gasteiger partial charge is 0.251 e. The summed E-state index contributed by atoms with van der Waals surface area (Å²) in [7, 11) is 0. The fourth-order valence-corrected chi connectivity index (χ4v) is 3.20. The first-order valence-electron chi connectivity index (χ1n) is 8.34. The summed E-state index contributed by atoms with van der Waals surface area (Å²) in [6, 6.07) is 6.98.